The number of rotatable bonds is 4. The van der Waals surface area contributed by atoms with Gasteiger partial charge in [0.2, 0.25) is 0 Å². The number of benzene rings is 1. The molecule has 0 spiro atoms. The molecule has 20 heavy (non-hydrogen) atoms. The van der Waals surface area contributed by atoms with Gasteiger partial charge in [-0.05, 0) is 24.1 Å². The van der Waals surface area contributed by atoms with Crippen molar-refractivity contribution in [2.24, 2.45) is 0 Å². The largest absolute Gasteiger partial charge is 0.309 e. The van der Waals surface area contributed by atoms with E-state index in [1.54, 1.807) is 12.5 Å². The SMILES string of the molecule is O=S1(=O)CCC(NCc2ccc(-n3ccnc3)cc2)C1. The van der Waals surface area contributed by atoms with Crippen molar-refractivity contribution in [1.82, 2.24) is 14.9 Å². The van der Waals surface area contributed by atoms with E-state index in [-0.39, 0.29) is 11.8 Å². The zero-order valence-electron chi connectivity index (χ0n) is 11.1. The Labute approximate surface area is 118 Å². The summed E-state index contributed by atoms with van der Waals surface area (Å²) in [6.45, 7) is 0.699. The van der Waals surface area contributed by atoms with Gasteiger partial charge in [-0.15, -0.1) is 0 Å². The molecule has 1 aliphatic heterocycles. The summed E-state index contributed by atoms with van der Waals surface area (Å²) in [4.78, 5) is 4.02. The summed E-state index contributed by atoms with van der Waals surface area (Å²) < 4.78 is 24.7. The first-order valence-electron chi connectivity index (χ1n) is 6.63. The van der Waals surface area contributed by atoms with E-state index in [1.165, 1.54) is 0 Å². The lowest BCUT2D eigenvalue weighted by Gasteiger charge is -2.11. The molecular weight excluding hydrogens is 274 g/mol. The summed E-state index contributed by atoms with van der Waals surface area (Å²) in [7, 11) is -2.81. The monoisotopic (exact) mass is 291 g/mol. The van der Waals surface area contributed by atoms with Crippen molar-refractivity contribution in [2.75, 3.05) is 11.5 Å². The third-order valence-corrected chi connectivity index (χ3v) is 5.33. The topological polar surface area (TPSA) is 64.0 Å². The zero-order chi connectivity index (χ0) is 14.0. The molecule has 3 rings (SSSR count). The molecule has 2 heterocycles. The highest BCUT2D eigenvalue weighted by Crippen LogP contribution is 2.13. The standard InChI is InChI=1S/C14H17N3O2S/c18-20(19)8-5-13(10-20)16-9-12-1-3-14(4-2-12)17-7-6-15-11-17/h1-4,6-7,11,13,16H,5,8-10H2. The highest BCUT2D eigenvalue weighted by atomic mass is 32.2. The fraction of sp³-hybridized carbons (Fsp3) is 0.357. The molecule has 2 aromatic rings. The Morgan fingerprint density at radius 3 is 2.70 bits per heavy atom. The molecule has 106 valence electrons. The van der Waals surface area contributed by atoms with Gasteiger partial charge in [0.25, 0.3) is 0 Å². The number of nitrogens with zero attached hydrogens (tertiary/aromatic N) is 2. The minimum absolute atomic E-state index is 0.0910. The molecule has 1 fully saturated rings. The third kappa shape index (κ3) is 3.08. The quantitative estimate of drug-likeness (QED) is 0.918. The molecule has 0 radical (unpaired) electrons. The molecule has 1 unspecified atom stereocenters. The van der Waals surface area contributed by atoms with Crippen molar-refractivity contribution in [2.45, 2.75) is 19.0 Å². The van der Waals surface area contributed by atoms with Crippen molar-refractivity contribution in [3.8, 4) is 5.69 Å². The van der Waals surface area contributed by atoms with Crippen LogP contribution in [0.5, 0.6) is 0 Å². The molecule has 0 saturated carbocycles. The van der Waals surface area contributed by atoms with Crippen LogP contribution in [-0.4, -0.2) is 35.5 Å². The second-order valence-corrected chi connectivity index (χ2v) is 7.35. The number of hydrogen-bond acceptors (Lipinski definition) is 4. The van der Waals surface area contributed by atoms with E-state index >= 15 is 0 Å². The Hall–Kier alpha value is -1.66. The third-order valence-electron chi connectivity index (χ3n) is 3.57. The molecule has 1 atom stereocenters. The highest BCUT2D eigenvalue weighted by Gasteiger charge is 2.27. The van der Waals surface area contributed by atoms with Gasteiger partial charge in [-0.3, -0.25) is 0 Å². The predicted octanol–water partition coefficient (Wildman–Crippen LogP) is 1.15. The zero-order valence-corrected chi connectivity index (χ0v) is 11.9. The van der Waals surface area contributed by atoms with Gasteiger partial charge in [0, 0.05) is 30.7 Å². The van der Waals surface area contributed by atoms with E-state index in [9.17, 15) is 8.42 Å². The molecular formula is C14H17N3O2S. The highest BCUT2D eigenvalue weighted by molar-refractivity contribution is 7.91. The minimum atomic E-state index is -2.81. The predicted molar refractivity (Wildman–Crippen MR) is 77.5 cm³/mol. The molecule has 1 N–H and O–H groups in total. The normalized spacial score (nSPS) is 21.1. The van der Waals surface area contributed by atoms with Crippen LogP contribution in [0.3, 0.4) is 0 Å². The molecule has 0 aliphatic carbocycles. The van der Waals surface area contributed by atoms with Crippen LogP contribution >= 0.6 is 0 Å². The number of hydrogen-bond donors (Lipinski definition) is 1. The van der Waals surface area contributed by atoms with E-state index in [1.807, 2.05) is 35.0 Å². The lowest BCUT2D eigenvalue weighted by molar-refractivity contribution is 0.554. The number of imidazole rings is 1. The number of aromatic nitrogens is 2. The number of nitrogens with one attached hydrogen (secondary N) is 1. The van der Waals surface area contributed by atoms with E-state index < -0.39 is 9.84 Å². The maximum Gasteiger partial charge on any atom is 0.151 e. The van der Waals surface area contributed by atoms with Crippen LogP contribution in [0.2, 0.25) is 0 Å². The summed E-state index contributed by atoms with van der Waals surface area (Å²) in [5.74, 6) is 0.574. The van der Waals surface area contributed by atoms with E-state index in [2.05, 4.69) is 10.3 Å². The Morgan fingerprint density at radius 1 is 1.30 bits per heavy atom. The van der Waals surface area contributed by atoms with Crippen LogP contribution in [0.1, 0.15) is 12.0 Å². The fourth-order valence-electron chi connectivity index (χ4n) is 2.42. The first-order chi connectivity index (χ1) is 9.62. The molecule has 0 amide bonds. The smallest absolute Gasteiger partial charge is 0.151 e. The Kier molecular flexibility index (Phi) is 3.58. The van der Waals surface area contributed by atoms with E-state index in [0.29, 0.717) is 12.3 Å². The van der Waals surface area contributed by atoms with Crippen molar-refractivity contribution in [1.29, 1.82) is 0 Å². The van der Waals surface area contributed by atoms with Crippen LogP contribution in [0.15, 0.2) is 43.0 Å². The van der Waals surface area contributed by atoms with Gasteiger partial charge in [0.05, 0.1) is 17.8 Å². The second-order valence-electron chi connectivity index (χ2n) is 5.12. The molecule has 1 saturated heterocycles. The molecule has 1 aliphatic rings. The molecule has 0 bridgehead atoms. The Balaban J connectivity index is 1.59. The van der Waals surface area contributed by atoms with Crippen LogP contribution in [0.25, 0.3) is 5.69 Å². The van der Waals surface area contributed by atoms with E-state index in [0.717, 1.165) is 17.7 Å². The van der Waals surface area contributed by atoms with Crippen molar-refractivity contribution < 1.29 is 8.42 Å². The fourth-order valence-corrected chi connectivity index (χ4v) is 4.12. The van der Waals surface area contributed by atoms with E-state index in [4.69, 9.17) is 0 Å². The van der Waals surface area contributed by atoms with Gasteiger partial charge in [-0.2, -0.15) is 0 Å². The summed E-state index contributed by atoms with van der Waals surface area (Å²) in [5.41, 5.74) is 2.22. The van der Waals surface area contributed by atoms with Gasteiger partial charge in [0.15, 0.2) is 9.84 Å². The van der Waals surface area contributed by atoms with Crippen molar-refractivity contribution in [3.63, 3.8) is 0 Å². The van der Waals surface area contributed by atoms with Gasteiger partial charge >= 0.3 is 0 Å². The molecule has 5 nitrogen and oxygen atoms in total. The van der Waals surface area contributed by atoms with Gasteiger partial charge in [0.1, 0.15) is 0 Å². The Bertz CT molecular complexity index is 663. The molecule has 6 heteroatoms. The Morgan fingerprint density at radius 2 is 2.10 bits per heavy atom. The molecule has 1 aromatic carbocycles. The van der Waals surface area contributed by atoms with Crippen LogP contribution in [-0.2, 0) is 16.4 Å². The average Bonchev–Trinajstić information content (AvgIpc) is 3.06. The average molecular weight is 291 g/mol. The summed E-state index contributed by atoms with van der Waals surface area (Å²) in [6.07, 6.45) is 6.12. The van der Waals surface area contributed by atoms with Crippen molar-refractivity contribution in [3.05, 3.63) is 48.5 Å². The lowest BCUT2D eigenvalue weighted by atomic mass is 10.2. The summed E-state index contributed by atoms with van der Waals surface area (Å²) in [5, 5.41) is 3.31. The van der Waals surface area contributed by atoms with Gasteiger partial charge < -0.3 is 9.88 Å². The van der Waals surface area contributed by atoms with Gasteiger partial charge in [-0.1, -0.05) is 12.1 Å². The maximum absolute atomic E-state index is 11.4. The van der Waals surface area contributed by atoms with Crippen LogP contribution in [0, 0.1) is 0 Å². The van der Waals surface area contributed by atoms with Crippen LogP contribution < -0.4 is 5.32 Å². The maximum atomic E-state index is 11.4. The minimum Gasteiger partial charge on any atom is -0.309 e. The first kappa shape index (κ1) is 13.3. The summed E-state index contributed by atoms with van der Waals surface area (Å²) >= 11 is 0. The lowest BCUT2D eigenvalue weighted by Crippen LogP contribution is -2.29. The van der Waals surface area contributed by atoms with Crippen molar-refractivity contribution >= 4 is 9.84 Å². The second kappa shape index (κ2) is 5.38. The summed E-state index contributed by atoms with van der Waals surface area (Å²) in [6, 6.07) is 8.25. The van der Waals surface area contributed by atoms with Crippen LogP contribution in [0.4, 0.5) is 0 Å². The van der Waals surface area contributed by atoms with Gasteiger partial charge in [-0.25, -0.2) is 13.4 Å². The first-order valence-corrected chi connectivity index (χ1v) is 8.46. The number of sulfone groups is 1. The molecule has 1 aromatic heterocycles.